The van der Waals surface area contributed by atoms with Crippen molar-refractivity contribution in [2.75, 3.05) is 0 Å². The van der Waals surface area contributed by atoms with Gasteiger partial charge in [0.25, 0.3) is 0 Å². The van der Waals surface area contributed by atoms with Crippen LogP contribution in [0.2, 0.25) is 0 Å². The molecule has 2 heterocycles. The van der Waals surface area contributed by atoms with Crippen LogP contribution in [0.15, 0.2) is 65.6 Å². The maximum atomic E-state index is 14.1. The highest BCUT2D eigenvalue weighted by atomic mass is 19.1. The zero-order chi connectivity index (χ0) is 17.4. The van der Waals surface area contributed by atoms with Gasteiger partial charge in [0, 0.05) is 5.56 Å². The minimum absolute atomic E-state index is 0.229. The summed E-state index contributed by atoms with van der Waals surface area (Å²) < 4.78 is 15.6. The van der Waals surface area contributed by atoms with Crippen molar-refractivity contribution in [2.45, 2.75) is 13.0 Å². The molecule has 0 aliphatic heterocycles. The second kappa shape index (κ2) is 5.98. The molecule has 0 aliphatic carbocycles. The van der Waals surface area contributed by atoms with Crippen LogP contribution in [0.5, 0.6) is 0 Å². The number of aromatic nitrogens is 4. The van der Waals surface area contributed by atoms with E-state index in [2.05, 4.69) is 15.0 Å². The van der Waals surface area contributed by atoms with Crippen molar-refractivity contribution in [3.05, 3.63) is 82.7 Å². The highest BCUT2D eigenvalue weighted by molar-refractivity contribution is 5.71. The van der Waals surface area contributed by atoms with Crippen molar-refractivity contribution in [2.24, 2.45) is 0 Å². The van der Waals surface area contributed by atoms with Gasteiger partial charge in [0.05, 0.1) is 17.9 Å². The number of rotatable bonds is 3. The molecule has 0 fully saturated rings. The number of fused-ring (bicyclic) bond motifs is 1. The molecule has 1 N–H and O–H groups in total. The predicted octanol–water partition coefficient (Wildman–Crippen LogP) is 3.54. The molecule has 25 heavy (non-hydrogen) atoms. The fourth-order valence-corrected chi connectivity index (χ4v) is 2.93. The second-order valence-corrected chi connectivity index (χ2v) is 5.79. The van der Waals surface area contributed by atoms with Crippen LogP contribution < -0.4 is 5.69 Å². The van der Waals surface area contributed by atoms with Crippen molar-refractivity contribution in [1.82, 2.24) is 19.5 Å². The lowest BCUT2D eigenvalue weighted by Gasteiger charge is -2.13. The standard InChI is InChI=1S/C19H15FN4O/c1-12(13-7-3-2-4-8-13)24-18-17(23-19(24)25)21-11-16(22-18)14-9-5-6-10-15(14)20/h2-12H,1H3,(H,21,23,25). The number of halogens is 1. The van der Waals surface area contributed by atoms with Gasteiger partial charge >= 0.3 is 5.69 Å². The van der Waals surface area contributed by atoms with Crippen molar-refractivity contribution < 1.29 is 4.39 Å². The van der Waals surface area contributed by atoms with Gasteiger partial charge in [-0.2, -0.15) is 0 Å². The Labute approximate surface area is 142 Å². The Hall–Kier alpha value is -3.28. The Morgan fingerprint density at radius 1 is 1.08 bits per heavy atom. The number of H-pyrrole nitrogens is 1. The van der Waals surface area contributed by atoms with Crippen LogP contribution in [0.3, 0.4) is 0 Å². The number of benzene rings is 2. The van der Waals surface area contributed by atoms with E-state index in [0.29, 0.717) is 22.6 Å². The lowest BCUT2D eigenvalue weighted by molar-refractivity contribution is 0.627. The molecule has 1 unspecified atom stereocenters. The Kier molecular flexibility index (Phi) is 3.65. The molecular weight excluding hydrogens is 319 g/mol. The van der Waals surface area contributed by atoms with Crippen LogP contribution in [0.25, 0.3) is 22.6 Å². The number of nitrogens with one attached hydrogen (secondary N) is 1. The van der Waals surface area contributed by atoms with E-state index >= 15 is 0 Å². The fourth-order valence-electron chi connectivity index (χ4n) is 2.93. The van der Waals surface area contributed by atoms with E-state index in [9.17, 15) is 9.18 Å². The molecule has 0 amide bonds. The van der Waals surface area contributed by atoms with Gasteiger partial charge < -0.3 is 0 Å². The topological polar surface area (TPSA) is 63.6 Å². The smallest absolute Gasteiger partial charge is 0.289 e. The number of aromatic amines is 1. The summed E-state index contributed by atoms with van der Waals surface area (Å²) in [6.07, 6.45) is 1.47. The molecule has 0 aliphatic rings. The van der Waals surface area contributed by atoms with Crippen LogP contribution in [0.1, 0.15) is 18.5 Å². The van der Waals surface area contributed by atoms with E-state index < -0.39 is 0 Å². The Morgan fingerprint density at radius 2 is 1.80 bits per heavy atom. The van der Waals surface area contributed by atoms with Crippen molar-refractivity contribution in [1.29, 1.82) is 0 Å². The summed E-state index contributed by atoms with van der Waals surface area (Å²) in [5, 5.41) is 0. The van der Waals surface area contributed by atoms with E-state index in [0.717, 1.165) is 5.56 Å². The Balaban J connectivity index is 1.91. The molecule has 2 aromatic carbocycles. The summed E-state index contributed by atoms with van der Waals surface area (Å²) in [7, 11) is 0. The molecule has 5 nitrogen and oxygen atoms in total. The summed E-state index contributed by atoms with van der Waals surface area (Å²) in [5.41, 5.74) is 2.21. The zero-order valence-electron chi connectivity index (χ0n) is 13.5. The van der Waals surface area contributed by atoms with E-state index in [1.165, 1.54) is 12.3 Å². The minimum atomic E-state index is -0.378. The normalized spacial score (nSPS) is 12.4. The second-order valence-electron chi connectivity index (χ2n) is 5.79. The molecule has 0 radical (unpaired) electrons. The summed E-state index contributed by atoms with van der Waals surface area (Å²) in [6, 6.07) is 15.8. The van der Waals surface area contributed by atoms with Crippen LogP contribution in [-0.2, 0) is 0 Å². The molecule has 6 heteroatoms. The highest BCUT2D eigenvalue weighted by Gasteiger charge is 2.18. The first-order valence-corrected chi connectivity index (χ1v) is 7.92. The van der Waals surface area contributed by atoms with Gasteiger partial charge in [-0.25, -0.2) is 19.2 Å². The first-order chi connectivity index (χ1) is 12.1. The molecule has 0 saturated heterocycles. The molecule has 0 bridgehead atoms. The largest absolute Gasteiger partial charge is 0.329 e. The van der Waals surface area contributed by atoms with Crippen LogP contribution >= 0.6 is 0 Å². The lowest BCUT2D eigenvalue weighted by Crippen LogP contribution is -2.21. The molecule has 4 rings (SSSR count). The predicted molar refractivity (Wildman–Crippen MR) is 93.8 cm³/mol. The van der Waals surface area contributed by atoms with Crippen molar-refractivity contribution in [3.8, 4) is 11.3 Å². The van der Waals surface area contributed by atoms with Crippen molar-refractivity contribution in [3.63, 3.8) is 0 Å². The number of hydrogen-bond donors (Lipinski definition) is 1. The first-order valence-electron chi connectivity index (χ1n) is 7.92. The molecule has 2 aromatic heterocycles. The van der Waals surface area contributed by atoms with Crippen LogP contribution in [0, 0.1) is 5.82 Å². The fraction of sp³-hybridized carbons (Fsp3) is 0.105. The third-order valence-electron chi connectivity index (χ3n) is 4.25. The molecule has 124 valence electrons. The zero-order valence-corrected chi connectivity index (χ0v) is 13.5. The van der Waals surface area contributed by atoms with Gasteiger partial charge in [0.15, 0.2) is 11.3 Å². The molecule has 1 atom stereocenters. The minimum Gasteiger partial charge on any atom is -0.289 e. The average molecular weight is 334 g/mol. The molecule has 4 aromatic rings. The monoisotopic (exact) mass is 334 g/mol. The summed E-state index contributed by atoms with van der Waals surface area (Å²) in [5.74, 6) is -0.378. The number of hydrogen-bond acceptors (Lipinski definition) is 3. The molecule has 0 spiro atoms. The Morgan fingerprint density at radius 3 is 2.56 bits per heavy atom. The lowest BCUT2D eigenvalue weighted by atomic mass is 10.1. The van der Waals surface area contributed by atoms with Gasteiger partial charge in [0.1, 0.15) is 5.82 Å². The maximum Gasteiger partial charge on any atom is 0.329 e. The van der Waals surface area contributed by atoms with Crippen LogP contribution in [0.4, 0.5) is 4.39 Å². The van der Waals surface area contributed by atoms with Crippen molar-refractivity contribution >= 4 is 11.3 Å². The first kappa shape index (κ1) is 15.3. The maximum absolute atomic E-state index is 14.1. The third-order valence-corrected chi connectivity index (χ3v) is 4.25. The Bertz CT molecular complexity index is 1100. The van der Waals surface area contributed by atoms with Gasteiger partial charge in [-0.05, 0) is 24.6 Å². The summed E-state index contributed by atoms with van der Waals surface area (Å²) in [4.78, 5) is 23.9. The third kappa shape index (κ3) is 2.61. The van der Waals surface area contributed by atoms with Gasteiger partial charge in [-0.15, -0.1) is 0 Å². The number of nitrogens with zero attached hydrogens (tertiary/aromatic N) is 3. The van der Waals surface area contributed by atoms with Gasteiger partial charge in [-0.3, -0.25) is 9.55 Å². The quantitative estimate of drug-likeness (QED) is 0.623. The summed E-state index contributed by atoms with van der Waals surface area (Å²) in [6.45, 7) is 1.92. The SMILES string of the molecule is CC(c1ccccc1)n1c(=O)[nH]c2ncc(-c3ccccc3F)nc21. The average Bonchev–Trinajstić information content (AvgIpc) is 2.97. The van der Waals surface area contributed by atoms with E-state index in [4.69, 9.17) is 0 Å². The number of imidazole rings is 1. The summed E-state index contributed by atoms with van der Waals surface area (Å²) >= 11 is 0. The van der Waals surface area contributed by atoms with E-state index in [1.54, 1.807) is 22.8 Å². The van der Waals surface area contributed by atoms with Crippen LogP contribution in [-0.4, -0.2) is 19.5 Å². The van der Waals surface area contributed by atoms with E-state index in [-0.39, 0.29) is 17.5 Å². The molecule has 0 saturated carbocycles. The van der Waals surface area contributed by atoms with Gasteiger partial charge in [-0.1, -0.05) is 42.5 Å². The molecular formula is C19H15FN4O. The van der Waals surface area contributed by atoms with Gasteiger partial charge in [0.2, 0.25) is 0 Å². The highest BCUT2D eigenvalue weighted by Crippen LogP contribution is 2.23. The van der Waals surface area contributed by atoms with E-state index in [1.807, 2.05) is 37.3 Å².